The molecule has 0 bridgehead atoms. The molecule has 1 fully saturated rings. The highest BCUT2D eigenvalue weighted by Crippen LogP contribution is 2.44. The summed E-state index contributed by atoms with van der Waals surface area (Å²) in [7, 11) is 1.53. The number of amides is 2. The third kappa shape index (κ3) is 3.13. The maximum Gasteiger partial charge on any atom is 0.394 e. The Morgan fingerprint density at radius 3 is 2.36 bits per heavy atom. The molecular formula is C15H19F3N2O2. The third-order valence-corrected chi connectivity index (χ3v) is 4.17. The van der Waals surface area contributed by atoms with Gasteiger partial charge < -0.3 is 15.0 Å². The SMILES string of the molecule is COc1ccc(NC(=O)N2CCC(C(F)(F)F)C2(C)C)cc1. The molecule has 2 amide bonds. The number of halogens is 3. The maximum absolute atomic E-state index is 13.0. The molecule has 1 saturated heterocycles. The van der Waals surface area contributed by atoms with Crippen LogP contribution in [0.1, 0.15) is 20.3 Å². The lowest BCUT2D eigenvalue weighted by Gasteiger charge is -2.36. The van der Waals surface area contributed by atoms with Gasteiger partial charge in [-0.05, 0) is 44.5 Å². The van der Waals surface area contributed by atoms with Crippen molar-refractivity contribution < 1.29 is 22.7 Å². The van der Waals surface area contributed by atoms with Gasteiger partial charge in [0.15, 0.2) is 0 Å². The number of rotatable bonds is 2. The van der Waals surface area contributed by atoms with Crippen molar-refractivity contribution in [2.24, 2.45) is 5.92 Å². The minimum Gasteiger partial charge on any atom is -0.497 e. The first-order chi connectivity index (χ1) is 10.2. The molecule has 0 aromatic heterocycles. The van der Waals surface area contributed by atoms with Crippen LogP contribution in [0.2, 0.25) is 0 Å². The fourth-order valence-electron chi connectivity index (χ4n) is 2.88. The Morgan fingerprint density at radius 2 is 1.91 bits per heavy atom. The van der Waals surface area contributed by atoms with E-state index in [1.807, 2.05) is 0 Å². The van der Waals surface area contributed by atoms with Crippen LogP contribution in [0, 0.1) is 5.92 Å². The lowest BCUT2D eigenvalue weighted by molar-refractivity contribution is -0.189. The largest absolute Gasteiger partial charge is 0.497 e. The van der Waals surface area contributed by atoms with Crippen LogP contribution in [0.4, 0.5) is 23.7 Å². The third-order valence-electron chi connectivity index (χ3n) is 4.17. The molecule has 1 atom stereocenters. The van der Waals surface area contributed by atoms with E-state index < -0.39 is 23.7 Å². The lowest BCUT2D eigenvalue weighted by Crippen LogP contribution is -2.51. The quantitative estimate of drug-likeness (QED) is 0.899. The highest BCUT2D eigenvalue weighted by atomic mass is 19.4. The van der Waals surface area contributed by atoms with Gasteiger partial charge in [0.2, 0.25) is 0 Å². The van der Waals surface area contributed by atoms with Crippen LogP contribution in [-0.2, 0) is 0 Å². The Kier molecular flexibility index (Phi) is 4.26. The smallest absolute Gasteiger partial charge is 0.394 e. The molecule has 2 rings (SSSR count). The van der Waals surface area contributed by atoms with Crippen LogP contribution in [0.15, 0.2) is 24.3 Å². The van der Waals surface area contributed by atoms with E-state index in [9.17, 15) is 18.0 Å². The van der Waals surface area contributed by atoms with Crippen molar-refractivity contribution in [3.8, 4) is 5.75 Å². The van der Waals surface area contributed by atoms with E-state index in [-0.39, 0.29) is 13.0 Å². The second-order valence-corrected chi connectivity index (χ2v) is 5.85. The molecule has 1 N–H and O–H groups in total. The van der Waals surface area contributed by atoms with Gasteiger partial charge >= 0.3 is 12.2 Å². The van der Waals surface area contributed by atoms with Gasteiger partial charge in [-0.1, -0.05) is 0 Å². The van der Waals surface area contributed by atoms with Gasteiger partial charge in [0.25, 0.3) is 0 Å². The predicted molar refractivity (Wildman–Crippen MR) is 77.0 cm³/mol. The Labute approximate surface area is 127 Å². The number of methoxy groups -OCH3 is 1. The van der Waals surface area contributed by atoms with E-state index in [2.05, 4.69) is 5.32 Å². The number of carbonyl (C=O) groups excluding carboxylic acids is 1. The molecule has 122 valence electrons. The maximum atomic E-state index is 13.0. The van der Waals surface area contributed by atoms with Crippen LogP contribution in [0.5, 0.6) is 5.75 Å². The van der Waals surface area contributed by atoms with Crippen molar-refractivity contribution in [1.82, 2.24) is 4.90 Å². The van der Waals surface area contributed by atoms with Gasteiger partial charge in [-0.25, -0.2) is 4.79 Å². The number of likely N-dealkylation sites (tertiary alicyclic amines) is 1. The first-order valence-electron chi connectivity index (χ1n) is 6.95. The van der Waals surface area contributed by atoms with E-state index in [1.54, 1.807) is 24.3 Å². The second kappa shape index (κ2) is 5.70. The van der Waals surface area contributed by atoms with Crippen molar-refractivity contribution >= 4 is 11.7 Å². The van der Waals surface area contributed by atoms with E-state index in [0.29, 0.717) is 11.4 Å². The average Bonchev–Trinajstić information content (AvgIpc) is 2.74. The summed E-state index contributed by atoms with van der Waals surface area (Å²) in [4.78, 5) is 13.5. The second-order valence-electron chi connectivity index (χ2n) is 5.85. The van der Waals surface area contributed by atoms with Gasteiger partial charge in [0.1, 0.15) is 5.75 Å². The lowest BCUT2D eigenvalue weighted by atomic mass is 9.88. The summed E-state index contributed by atoms with van der Waals surface area (Å²) in [5, 5.41) is 2.63. The first kappa shape index (κ1) is 16.5. The Morgan fingerprint density at radius 1 is 1.32 bits per heavy atom. The molecule has 7 heteroatoms. The molecular weight excluding hydrogens is 297 g/mol. The van der Waals surface area contributed by atoms with Crippen LogP contribution in [-0.4, -0.2) is 36.3 Å². The van der Waals surface area contributed by atoms with Gasteiger partial charge in [0, 0.05) is 12.2 Å². The number of nitrogens with one attached hydrogen (secondary N) is 1. The fraction of sp³-hybridized carbons (Fsp3) is 0.533. The topological polar surface area (TPSA) is 41.6 Å². The van der Waals surface area contributed by atoms with Crippen molar-refractivity contribution in [1.29, 1.82) is 0 Å². The van der Waals surface area contributed by atoms with E-state index in [1.165, 1.54) is 25.9 Å². The Bertz CT molecular complexity index is 541. The average molecular weight is 316 g/mol. The highest BCUT2D eigenvalue weighted by Gasteiger charge is 2.56. The van der Waals surface area contributed by atoms with Gasteiger partial charge in [-0.3, -0.25) is 0 Å². The zero-order valence-corrected chi connectivity index (χ0v) is 12.7. The number of anilines is 1. The summed E-state index contributed by atoms with van der Waals surface area (Å²) in [6.45, 7) is 2.98. The van der Waals surface area contributed by atoms with E-state index >= 15 is 0 Å². The molecule has 1 aromatic rings. The zero-order valence-electron chi connectivity index (χ0n) is 12.7. The van der Waals surface area contributed by atoms with Crippen molar-refractivity contribution in [2.75, 3.05) is 19.0 Å². The van der Waals surface area contributed by atoms with Crippen LogP contribution < -0.4 is 10.1 Å². The number of carbonyl (C=O) groups is 1. The number of ether oxygens (including phenoxy) is 1. The Hall–Kier alpha value is -1.92. The molecule has 0 saturated carbocycles. The highest BCUT2D eigenvalue weighted by molar-refractivity contribution is 5.90. The number of hydrogen-bond donors (Lipinski definition) is 1. The fourth-order valence-corrected chi connectivity index (χ4v) is 2.88. The van der Waals surface area contributed by atoms with Crippen LogP contribution in [0.3, 0.4) is 0 Å². The van der Waals surface area contributed by atoms with Crippen LogP contribution >= 0.6 is 0 Å². The monoisotopic (exact) mass is 316 g/mol. The number of hydrogen-bond acceptors (Lipinski definition) is 2. The zero-order chi connectivity index (χ0) is 16.5. The minimum absolute atomic E-state index is 0.0769. The normalized spacial score (nSPS) is 20.8. The molecule has 1 unspecified atom stereocenters. The molecule has 0 radical (unpaired) electrons. The summed E-state index contributed by atoms with van der Waals surface area (Å²) < 4.78 is 44.1. The van der Waals surface area contributed by atoms with E-state index in [0.717, 1.165) is 0 Å². The number of alkyl halides is 3. The van der Waals surface area contributed by atoms with Crippen molar-refractivity contribution in [2.45, 2.75) is 32.0 Å². The molecule has 1 heterocycles. The minimum atomic E-state index is -4.31. The molecule has 1 aromatic carbocycles. The standard InChI is InChI=1S/C15H19F3N2O2/c1-14(2)12(15(16,17)18)8-9-20(14)13(21)19-10-4-6-11(22-3)7-5-10/h4-7,12H,8-9H2,1-3H3,(H,19,21). The number of benzene rings is 1. The molecule has 0 aliphatic carbocycles. The predicted octanol–water partition coefficient (Wildman–Crippen LogP) is 3.89. The first-order valence-corrected chi connectivity index (χ1v) is 6.95. The molecule has 1 aliphatic heterocycles. The van der Waals surface area contributed by atoms with Gasteiger partial charge in [-0.15, -0.1) is 0 Å². The number of nitrogens with zero attached hydrogens (tertiary/aromatic N) is 1. The summed E-state index contributed by atoms with van der Waals surface area (Å²) in [5.74, 6) is -0.877. The Balaban J connectivity index is 2.09. The molecule has 0 spiro atoms. The van der Waals surface area contributed by atoms with Crippen molar-refractivity contribution in [3.63, 3.8) is 0 Å². The van der Waals surface area contributed by atoms with Crippen molar-refractivity contribution in [3.05, 3.63) is 24.3 Å². The summed E-state index contributed by atoms with van der Waals surface area (Å²) >= 11 is 0. The van der Waals surface area contributed by atoms with E-state index in [4.69, 9.17) is 4.74 Å². The molecule has 4 nitrogen and oxygen atoms in total. The number of urea groups is 1. The summed E-state index contributed by atoms with van der Waals surface area (Å²) in [6, 6.07) is 6.09. The summed E-state index contributed by atoms with van der Waals surface area (Å²) in [5.41, 5.74) is -0.758. The molecule has 1 aliphatic rings. The van der Waals surface area contributed by atoms with Gasteiger partial charge in [-0.2, -0.15) is 13.2 Å². The van der Waals surface area contributed by atoms with Crippen LogP contribution in [0.25, 0.3) is 0 Å². The summed E-state index contributed by atoms with van der Waals surface area (Å²) in [6.07, 6.45) is -4.38. The van der Waals surface area contributed by atoms with Gasteiger partial charge in [0.05, 0.1) is 18.6 Å². The molecule has 22 heavy (non-hydrogen) atoms.